The predicted octanol–water partition coefficient (Wildman–Crippen LogP) is 1.95. The van der Waals surface area contributed by atoms with Crippen molar-refractivity contribution in [1.29, 1.82) is 0 Å². The number of pyridine rings is 1. The molecule has 130 valence electrons. The summed E-state index contributed by atoms with van der Waals surface area (Å²) >= 11 is 0. The van der Waals surface area contributed by atoms with Gasteiger partial charge in [-0.25, -0.2) is 9.78 Å². The van der Waals surface area contributed by atoms with E-state index in [1.807, 2.05) is 30.3 Å². The highest BCUT2D eigenvalue weighted by atomic mass is 16.4. The van der Waals surface area contributed by atoms with Crippen LogP contribution in [0.1, 0.15) is 11.1 Å². The van der Waals surface area contributed by atoms with Gasteiger partial charge >= 0.3 is 6.09 Å². The van der Waals surface area contributed by atoms with Crippen LogP contribution in [0.15, 0.2) is 48.7 Å². The van der Waals surface area contributed by atoms with Crippen molar-refractivity contribution in [2.24, 2.45) is 11.1 Å². The first kappa shape index (κ1) is 15.9. The Morgan fingerprint density at radius 2 is 2.04 bits per heavy atom. The van der Waals surface area contributed by atoms with Gasteiger partial charge in [0, 0.05) is 43.4 Å². The van der Waals surface area contributed by atoms with Gasteiger partial charge in [0.1, 0.15) is 5.82 Å². The topological polar surface area (TPSA) is 82.7 Å². The van der Waals surface area contributed by atoms with E-state index in [1.54, 1.807) is 11.1 Å². The molecule has 0 unspecified atom stereocenters. The number of likely N-dealkylation sites (tertiary alicyclic amines) is 1. The van der Waals surface area contributed by atoms with Crippen molar-refractivity contribution < 1.29 is 9.90 Å². The average molecular weight is 338 g/mol. The molecule has 2 aromatic rings. The summed E-state index contributed by atoms with van der Waals surface area (Å²) in [4.78, 5) is 19.8. The molecule has 4 rings (SSSR count). The molecular formula is C19H22N4O2. The van der Waals surface area contributed by atoms with E-state index in [9.17, 15) is 9.90 Å². The molecule has 0 saturated carbocycles. The Labute approximate surface area is 146 Å². The van der Waals surface area contributed by atoms with E-state index >= 15 is 0 Å². The van der Waals surface area contributed by atoms with Gasteiger partial charge in [0.05, 0.1) is 6.04 Å². The fourth-order valence-electron chi connectivity index (χ4n) is 4.32. The fraction of sp³-hybridized carbons (Fsp3) is 0.368. The summed E-state index contributed by atoms with van der Waals surface area (Å²) in [5, 5.41) is 9.49. The van der Waals surface area contributed by atoms with Gasteiger partial charge in [-0.2, -0.15) is 0 Å². The number of nitrogens with zero attached hydrogens (tertiary/aromatic N) is 3. The van der Waals surface area contributed by atoms with Crippen LogP contribution in [-0.4, -0.2) is 46.8 Å². The second kappa shape index (κ2) is 6.04. The summed E-state index contributed by atoms with van der Waals surface area (Å²) in [7, 11) is 0. The summed E-state index contributed by atoms with van der Waals surface area (Å²) in [5.41, 5.74) is 8.07. The number of hydrogen-bond acceptors (Lipinski definition) is 4. The molecule has 3 N–H and O–H groups in total. The Bertz CT molecular complexity index is 782. The SMILES string of the molecule is NCc1cccnc1N1C[C@]2(Cc3ccccc3)CN(C(=O)O)C[C@H]12. The zero-order valence-electron chi connectivity index (χ0n) is 14.0. The maximum absolute atomic E-state index is 11.6. The summed E-state index contributed by atoms with van der Waals surface area (Å²) in [6, 6.07) is 14.3. The smallest absolute Gasteiger partial charge is 0.407 e. The van der Waals surface area contributed by atoms with E-state index in [1.165, 1.54) is 5.56 Å². The number of benzene rings is 1. The van der Waals surface area contributed by atoms with Gasteiger partial charge in [-0.3, -0.25) is 0 Å². The van der Waals surface area contributed by atoms with Crippen LogP contribution >= 0.6 is 0 Å². The quantitative estimate of drug-likeness (QED) is 0.890. The lowest BCUT2D eigenvalue weighted by Gasteiger charge is -2.54. The summed E-state index contributed by atoms with van der Waals surface area (Å²) < 4.78 is 0. The Balaban J connectivity index is 1.64. The number of fused-ring (bicyclic) bond motifs is 1. The first-order valence-corrected chi connectivity index (χ1v) is 8.55. The fourth-order valence-corrected chi connectivity index (χ4v) is 4.32. The molecule has 2 aliphatic rings. The molecule has 0 radical (unpaired) electrons. The zero-order chi connectivity index (χ0) is 17.4. The molecule has 3 heterocycles. The lowest BCUT2D eigenvalue weighted by Crippen LogP contribution is -2.65. The molecule has 2 saturated heterocycles. The summed E-state index contributed by atoms with van der Waals surface area (Å²) in [6.07, 6.45) is 1.81. The van der Waals surface area contributed by atoms with Crippen LogP contribution in [-0.2, 0) is 13.0 Å². The molecule has 2 atom stereocenters. The molecule has 2 aliphatic heterocycles. The third-order valence-corrected chi connectivity index (χ3v) is 5.50. The number of amides is 1. The van der Waals surface area contributed by atoms with Crippen LogP contribution in [0.4, 0.5) is 10.6 Å². The van der Waals surface area contributed by atoms with E-state index in [0.29, 0.717) is 19.6 Å². The Morgan fingerprint density at radius 3 is 2.76 bits per heavy atom. The van der Waals surface area contributed by atoms with Gasteiger partial charge in [0.25, 0.3) is 0 Å². The van der Waals surface area contributed by atoms with Crippen molar-refractivity contribution in [3.63, 3.8) is 0 Å². The van der Waals surface area contributed by atoms with Crippen molar-refractivity contribution in [2.75, 3.05) is 24.5 Å². The third kappa shape index (κ3) is 2.62. The number of rotatable bonds is 4. The highest BCUT2D eigenvalue weighted by Gasteiger charge is 2.59. The van der Waals surface area contributed by atoms with Crippen LogP contribution in [0, 0.1) is 5.41 Å². The minimum absolute atomic E-state index is 0.0524. The number of nitrogens with two attached hydrogens (primary N) is 1. The first-order chi connectivity index (χ1) is 12.1. The molecule has 2 fully saturated rings. The number of carboxylic acid groups (broad SMARTS) is 1. The van der Waals surface area contributed by atoms with Gasteiger partial charge in [-0.15, -0.1) is 0 Å². The highest BCUT2D eigenvalue weighted by molar-refractivity contribution is 5.67. The minimum Gasteiger partial charge on any atom is -0.465 e. The maximum Gasteiger partial charge on any atom is 0.407 e. The zero-order valence-corrected chi connectivity index (χ0v) is 14.0. The molecule has 0 aliphatic carbocycles. The molecule has 6 nitrogen and oxygen atoms in total. The molecule has 1 amide bonds. The lowest BCUT2D eigenvalue weighted by atomic mass is 9.69. The van der Waals surface area contributed by atoms with E-state index in [2.05, 4.69) is 22.0 Å². The summed E-state index contributed by atoms with van der Waals surface area (Å²) in [6.45, 7) is 2.33. The normalized spacial score (nSPS) is 24.8. The van der Waals surface area contributed by atoms with Crippen LogP contribution < -0.4 is 10.6 Å². The maximum atomic E-state index is 11.6. The van der Waals surface area contributed by atoms with Crippen LogP contribution in [0.25, 0.3) is 0 Å². The van der Waals surface area contributed by atoms with Crippen molar-refractivity contribution in [3.05, 3.63) is 59.8 Å². The van der Waals surface area contributed by atoms with E-state index < -0.39 is 6.09 Å². The standard InChI is InChI=1S/C19H22N4O2/c20-10-15-7-4-8-21-17(15)23-13-19(9-14-5-2-1-3-6-14)12-22(18(24)25)11-16(19)23/h1-8,16H,9-13,20H2,(H,24,25)/t16-,19-/m0/s1. The minimum atomic E-state index is -0.846. The van der Waals surface area contributed by atoms with Gasteiger partial charge in [0.2, 0.25) is 0 Å². The van der Waals surface area contributed by atoms with Crippen molar-refractivity contribution in [2.45, 2.75) is 19.0 Å². The molecule has 0 spiro atoms. The molecular weight excluding hydrogens is 316 g/mol. The molecule has 1 aromatic carbocycles. The molecule has 1 aromatic heterocycles. The second-order valence-corrected chi connectivity index (χ2v) is 7.02. The number of aromatic nitrogens is 1. The van der Waals surface area contributed by atoms with E-state index in [4.69, 9.17) is 5.73 Å². The van der Waals surface area contributed by atoms with Gasteiger partial charge < -0.3 is 20.6 Å². The lowest BCUT2D eigenvalue weighted by molar-refractivity contribution is 0.144. The number of anilines is 1. The molecule has 6 heteroatoms. The highest BCUT2D eigenvalue weighted by Crippen LogP contribution is 2.48. The van der Waals surface area contributed by atoms with Gasteiger partial charge in [-0.1, -0.05) is 36.4 Å². The van der Waals surface area contributed by atoms with Crippen LogP contribution in [0.5, 0.6) is 0 Å². The number of carbonyl (C=O) groups is 1. The monoisotopic (exact) mass is 338 g/mol. The average Bonchev–Trinajstić information content (AvgIpc) is 2.90. The molecule has 0 bridgehead atoms. The third-order valence-electron chi connectivity index (χ3n) is 5.50. The Morgan fingerprint density at radius 1 is 1.24 bits per heavy atom. The molecule has 25 heavy (non-hydrogen) atoms. The van der Waals surface area contributed by atoms with Gasteiger partial charge in [0.15, 0.2) is 0 Å². The van der Waals surface area contributed by atoms with E-state index in [0.717, 1.165) is 24.3 Å². The van der Waals surface area contributed by atoms with Crippen molar-refractivity contribution in [1.82, 2.24) is 9.88 Å². The van der Waals surface area contributed by atoms with Gasteiger partial charge in [-0.05, 0) is 18.1 Å². The van der Waals surface area contributed by atoms with Crippen LogP contribution in [0.3, 0.4) is 0 Å². The largest absolute Gasteiger partial charge is 0.465 e. The van der Waals surface area contributed by atoms with Crippen LogP contribution in [0.2, 0.25) is 0 Å². The second-order valence-electron chi connectivity index (χ2n) is 7.02. The van der Waals surface area contributed by atoms with E-state index in [-0.39, 0.29) is 11.5 Å². The first-order valence-electron chi connectivity index (χ1n) is 8.55. The Hall–Kier alpha value is -2.60. The van der Waals surface area contributed by atoms with Crippen molar-refractivity contribution in [3.8, 4) is 0 Å². The predicted molar refractivity (Wildman–Crippen MR) is 95.4 cm³/mol. The Kier molecular flexibility index (Phi) is 3.84. The number of hydrogen-bond donors (Lipinski definition) is 2. The van der Waals surface area contributed by atoms with Crippen molar-refractivity contribution >= 4 is 11.9 Å². The summed E-state index contributed by atoms with van der Waals surface area (Å²) in [5.74, 6) is 0.894.